The molecule has 3 heterocycles. The van der Waals surface area contributed by atoms with Gasteiger partial charge in [0.15, 0.2) is 11.9 Å². The first kappa shape index (κ1) is 34.4. The Hall–Kier alpha value is -2.12. The Morgan fingerprint density at radius 2 is 1.71 bits per heavy atom. The van der Waals surface area contributed by atoms with Gasteiger partial charge in [-0.2, -0.15) is 0 Å². The number of fused-ring (bicyclic) bond motifs is 1. The predicted molar refractivity (Wildman–Crippen MR) is 151 cm³/mol. The summed E-state index contributed by atoms with van der Waals surface area (Å²) in [5.41, 5.74) is -2.53. The summed E-state index contributed by atoms with van der Waals surface area (Å²) < 4.78 is 29.8. The zero-order chi connectivity index (χ0) is 31.7. The fourth-order valence-electron chi connectivity index (χ4n) is 6.96. The third kappa shape index (κ3) is 6.83. The number of esters is 1. The van der Waals surface area contributed by atoms with Crippen molar-refractivity contribution in [2.24, 2.45) is 17.8 Å². The fourth-order valence-corrected chi connectivity index (χ4v) is 6.96. The highest BCUT2D eigenvalue weighted by molar-refractivity contribution is 5.97. The van der Waals surface area contributed by atoms with E-state index >= 15 is 0 Å². The maximum absolute atomic E-state index is 13.9. The lowest BCUT2D eigenvalue weighted by atomic mass is 9.74. The quantitative estimate of drug-likeness (QED) is 0.354. The summed E-state index contributed by atoms with van der Waals surface area (Å²) in [5.74, 6) is -3.58. The van der Waals surface area contributed by atoms with Crippen LogP contribution in [-0.4, -0.2) is 109 Å². The van der Waals surface area contributed by atoms with E-state index < -0.39 is 83.9 Å². The van der Waals surface area contributed by atoms with Crippen molar-refractivity contribution >= 4 is 23.6 Å². The van der Waals surface area contributed by atoms with Gasteiger partial charge in [-0.05, 0) is 54.1 Å². The summed E-state index contributed by atoms with van der Waals surface area (Å²) in [6.07, 6.45) is -4.43. The molecule has 2 N–H and O–H groups in total. The fraction of sp³-hybridized carbons (Fsp3) is 0.867. The summed E-state index contributed by atoms with van der Waals surface area (Å²) in [6, 6.07) is -1.02. The summed E-state index contributed by atoms with van der Waals surface area (Å²) in [5, 5.41) is 13.9. The molecule has 0 saturated carbocycles. The Balaban J connectivity index is 2.04. The number of hydrogen-bond donors (Lipinski definition) is 2. The molecule has 0 spiro atoms. The molecule has 3 rings (SSSR count). The molecular weight excluding hydrogens is 548 g/mol. The van der Waals surface area contributed by atoms with Crippen LogP contribution in [0.4, 0.5) is 4.79 Å². The Morgan fingerprint density at radius 3 is 2.29 bits per heavy atom. The molecule has 12 heteroatoms. The van der Waals surface area contributed by atoms with Crippen molar-refractivity contribution in [1.82, 2.24) is 10.2 Å². The number of carbonyl (C=O) groups excluding carboxylic acids is 4. The van der Waals surface area contributed by atoms with Crippen molar-refractivity contribution in [2.45, 2.75) is 128 Å². The number of aliphatic hydroxyl groups is 1. The number of ether oxygens (including phenoxy) is 5. The number of ketones is 2. The van der Waals surface area contributed by atoms with Crippen LogP contribution in [0.1, 0.15) is 74.1 Å². The minimum atomic E-state index is -1.32. The Kier molecular flexibility index (Phi) is 10.8. The highest BCUT2D eigenvalue weighted by Gasteiger charge is 2.56. The van der Waals surface area contributed by atoms with Gasteiger partial charge >= 0.3 is 12.1 Å². The van der Waals surface area contributed by atoms with Crippen LogP contribution in [-0.2, 0) is 38.1 Å². The predicted octanol–water partition coefficient (Wildman–Crippen LogP) is 2.23. The highest BCUT2D eigenvalue weighted by atomic mass is 16.7. The van der Waals surface area contributed by atoms with E-state index in [-0.39, 0.29) is 24.3 Å². The first-order chi connectivity index (χ1) is 19.5. The highest BCUT2D eigenvalue weighted by Crippen LogP contribution is 2.39. The molecule has 3 aliphatic heterocycles. The second kappa shape index (κ2) is 13.3. The van der Waals surface area contributed by atoms with Crippen molar-refractivity contribution in [2.75, 3.05) is 21.2 Å². The number of rotatable bonds is 5. The number of likely N-dealkylation sites (N-methyl/N-ethyl adjacent to an activating group) is 1. The Labute approximate surface area is 249 Å². The molecule has 12 atom stereocenters. The second-order valence-corrected chi connectivity index (χ2v) is 13.0. The van der Waals surface area contributed by atoms with Gasteiger partial charge in [0.2, 0.25) is 0 Å². The Morgan fingerprint density at radius 1 is 1.07 bits per heavy atom. The van der Waals surface area contributed by atoms with E-state index in [1.807, 2.05) is 25.9 Å². The monoisotopic (exact) mass is 598 g/mol. The van der Waals surface area contributed by atoms with Gasteiger partial charge in [-0.25, -0.2) is 4.79 Å². The number of nitrogens with zero attached hydrogens (tertiary/aromatic N) is 1. The van der Waals surface area contributed by atoms with Crippen LogP contribution in [0.25, 0.3) is 0 Å². The first-order valence-corrected chi connectivity index (χ1v) is 14.9. The van der Waals surface area contributed by atoms with Crippen molar-refractivity contribution in [3.05, 3.63) is 0 Å². The van der Waals surface area contributed by atoms with Crippen LogP contribution in [0.5, 0.6) is 0 Å². The Bertz CT molecular complexity index is 1020. The van der Waals surface area contributed by atoms with Crippen LogP contribution in [0.15, 0.2) is 0 Å². The van der Waals surface area contributed by atoms with E-state index in [9.17, 15) is 24.3 Å². The van der Waals surface area contributed by atoms with E-state index in [2.05, 4.69) is 5.32 Å². The number of methoxy groups -OCH3 is 1. The van der Waals surface area contributed by atoms with E-state index in [1.165, 1.54) is 7.11 Å². The summed E-state index contributed by atoms with van der Waals surface area (Å²) in [7, 11) is 5.20. The molecule has 0 bridgehead atoms. The number of cyclic esters (lactones) is 1. The molecule has 0 aromatic carbocycles. The topological polar surface area (TPSA) is 150 Å². The zero-order valence-electron chi connectivity index (χ0n) is 26.7. The molecule has 1 amide bonds. The minimum Gasteiger partial charge on any atom is -0.458 e. The number of alkyl carbamates (subject to hydrolysis) is 1. The van der Waals surface area contributed by atoms with Gasteiger partial charge in [0.25, 0.3) is 0 Å². The maximum atomic E-state index is 13.9. The van der Waals surface area contributed by atoms with Crippen molar-refractivity contribution in [1.29, 1.82) is 0 Å². The number of nitrogens with one attached hydrogen (secondary N) is 1. The van der Waals surface area contributed by atoms with Crippen molar-refractivity contribution < 1.29 is 48.0 Å². The van der Waals surface area contributed by atoms with Crippen LogP contribution >= 0.6 is 0 Å². The molecule has 0 aromatic rings. The number of aliphatic hydroxyl groups excluding tert-OH is 1. The molecular formula is C30H50N2O10. The molecule has 0 radical (unpaired) electrons. The van der Waals surface area contributed by atoms with E-state index in [1.54, 1.807) is 41.5 Å². The first-order valence-electron chi connectivity index (χ1n) is 14.9. The van der Waals surface area contributed by atoms with Crippen LogP contribution < -0.4 is 5.32 Å². The van der Waals surface area contributed by atoms with E-state index in [0.29, 0.717) is 12.8 Å². The number of Topliss-reactive ketones (excluding diaryl/α,β-unsaturated/α-hetero) is 2. The molecule has 0 aliphatic carbocycles. The number of hydrogen-bond acceptors (Lipinski definition) is 11. The zero-order valence-corrected chi connectivity index (χ0v) is 26.7. The molecule has 3 fully saturated rings. The van der Waals surface area contributed by atoms with Gasteiger partial charge in [-0.3, -0.25) is 14.4 Å². The summed E-state index contributed by atoms with van der Waals surface area (Å²) in [6.45, 7) is 12.2. The third-order valence-electron chi connectivity index (χ3n) is 9.54. The molecule has 0 unspecified atom stereocenters. The van der Waals surface area contributed by atoms with Crippen molar-refractivity contribution in [3.63, 3.8) is 0 Å². The van der Waals surface area contributed by atoms with Crippen LogP contribution in [0.3, 0.4) is 0 Å². The van der Waals surface area contributed by atoms with Crippen LogP contribution in [0.2, 0.25) is 0 Å². The molecule has 12 nitrogen and oxygen atoms in total. The lowest BCUT2D eigenvalue weighted by Gasteiger charge is -2.46. The lowest BCUT2D eigenvalue weighted by molar-refractivity contribution is -0.295. The molecule has 0 aromatic heterocycles. The van der Waals surface area contributed by atoms with Gasteiger partial charge in [0.1, 0.15) is 30.2 Å². The largest absolute Gasteiger partial charge is 0.458 e. The average molecular weight is 599 g/mol. The van der Waals surface area contributed by atoms with Gasteiger partial charge in [0.05, 0.1) is 23.9 Å². The third-order valence-corrected chi connectivity index (χ3v) is 9.54. The van der Waals surface area contributed by atoms with E-state index in [4.69, 9.17) is 23.7 Å². The average Bonchev–Trinajstić information content (AvgIpc) is 3.24. The van der Waals surface area contributed by atoms with Gasteiger partial charge in [-0.1, -0.05) is 27.7 Å². The van der Waals surface area contributed by atoms with Crippen LogP contribution in [0, 0.1) is 17.8 Å². The second-order valence-electron chi connectivity index (χ2n) is 13.0. The summed E-state index contributed by atoms with van der Waals surface area (Å²) in [4.78, 5) is 54.9. The van der Waals surface area contributed by atoms with E-state index in [0.717, 1.165) is 0 Å². The normalized spacial score (nSPS) is 44.2. The number of carbonyl (C=O) groups is 4. The SMILES string of the molecule is CC[C@H]1OC(=O)CC(=O)[C@H](C)[C@@H](O[C@@H]2O[C@H](C)C[C@H](N(C)C)[C@H]2O)[C@@](C)(OC)C[C@@H](C)C(=O)[C@H](C)[C@H]2NC(=O)O[C@@]21C. The smallest absolute Gasteiger partial charge is 0.408 e. The van der Waals surface area contributed by atoms with Crippen molar-refractivity contribution in [3.8, 4) is 0 Å². The maximum Gasteiger partial charge on any atom is 0.408 e. The summed E-state index contributed by atoms with van der Waals surface area (Å²) >= 11 is 0. The number of amides is 1. The molecule has 42 heavy (non-hydrogen) atoms. The standard InChI is InChI=1S/C30H50N2O10/c1-11-21-30(7)25(31-28(37)42-30)18(5)23(35)15(2)14-29(6,38-10)26(17(4)20(33)13-22(34)40-21)41-27-24(36)19(32(8)9)12-16(3)39-27/h15-19,21,24-27,36H,11-14H2,1-10H3,(H,31,37)/t15-,16-,17+,18+,19+,21-,24-,25-,26-,27+,29+,30-/m1/s1. The van der Waals surface area contributed by atoms with Gasteiger partial charge in [0, 0.05) is 30.9 Å². The molecule has 240 valence electrons. The minimum absolute atomic E-state index is 0.157. The molecule has 3 aliphatic rings. The lowest BCUT2D eigenvalue weighted by Crippen LogP contribution is -2.59. The van der Waals surface area contributed by atoms with Gasteiger partial charge in [-0.15, -0.1) is 0 Å². The van der Waals surface area contributed by atoms with Gasteiger partial charge < -0.3 is 39.0 Å². The molecule has 3 saturated heterocycles.